The molecule has 2 amide bonds. The van der Waals surface area contributed by atoms with E-state index < -0.39 is 30.2 Å². The standard InChI is InChI=1S/C21H16BrNO6/c1-3-8-23-19(25)14-6-4-13(9-15(14)20(23)26)21(27)29-11-17(24)12-5-7-18(28-2)16(22)10-12/h3-7,9-10H,1,8,11H2,2H3. The second-order valence-electron chi connectivity index (χ2n) is 6.12. The molecule has 0 aromatic heterocycles. The number of nitrogens with zero attached hydrogens (tertiary/aromatic N) is 1. The van der Waals surface area contributed by atoms with E-state index in [1.165, 1.54) is 31.4 Å². The van der Waals surface area contributed by atoms with Crippen LogP contribution in [-0.4, -0.2) is 48.7 Å². The molecule has 0 radical (unpaired) electrons. The predicted molar refractivity (Wildman–Crippen MR) is 107 cm³/mol. The Bertz CT molecular complexity index is 1050. The minimum atomic E-state index is -0.767. The van der Waals surface area contributed by atoms with E-state index in [1.54, 1.807) is 18.2 Å². The predicted octanol–water partition coefficient (Wildman–Crippen LogP) is 3.28. The number of Topliss-reactive ketones (excluding diaryl/α,β-unsaturated/α-hetero) is 1. The molecule has 8 heteroatoms. The quantitative estimate of drug-likeness (QED) is 0.274. The van der Waals surface area contributed by atoms with Crippen molar-refractivity contribution < 1.29 is 28.7 Å². The number of methoxy groups -OCH3 is 1. The lowest BCUT2D eigenvalue weighted by molar-refractivity contribution is 0.0474. The second-order valence-corrected chi connectivity index (χ2v) is 6.97. The summed E-state index contributed by atoms with van der Waals surface area (Å²) in [5.41, 5.74) is 0.763. The summed E-state index contributed by atoms with van der Waals surface area (Å²) >= 11 is 3.29. The number of amides is 2. The van der Waals surface area contributed by atoms with Crippen molar-refractivity contribution >= 4 is 39.5 Å². The maximum absolute atomic E-state index is 12.3. The molecule has 0 bridgehead atoms. The number of fused-ring (bicyclic) bond motifs is 1. The van der Waals surface area contributed by atoms with Crippen molar-refractivity contribution in [2.24, 2.45) is 0 Å². The first-order valence-electron chi connectivity index (χ1n) is 8.52. The number of hydrogen-bond donors (Lipinski definition) is 0. The van der Waals surface area contributed by atoms with Crippen LogP contribution in [0.2, 0.25) is 0 Å². The van der Waals surface area contributed by atoms with Gasteiger partial charge in [0.1, 0.15) is 5.75 Å². The van der Waals surface area contributed by atoms with E-state index in [2.05, 4.69) is 22.5 Å². The first-order valence-corrected chi connectivity index (χ1v) is 9.31. The number of halogens is 1. The molecule has 0 aliphatic carbocycles. The summed E-state index contributed by atoms with van der Waals surface area (Å²) in [6, 6.07) is 8.85. The molecule has 0 unspecified atom stereocenters. The van der Waals surface area contributed by atoms with Gasteiger partial charge < -0.3 is 9.47 Å². The molecule has 2 aromatic carbocycles. The molecular formula is C21H16BrNO6. The molecule has 0 fully saturated rings. The van der Waals surface area contributed by atoms with Crippen LogP contribution in [0.3, 0.4) is 0 Å². The first kappa shape index (κ1) is 20.5. The lowest BCUT2D eigenvalue weighted by Crippen LogP contribution is -2.29. The van der Waals surface area contributed by atoms with Gasteiger partial charge in [-0.2, -0.15) is 0 Å². The molecule has 1 heterocycles. The highest BCUT2D eigenvalue weighted by atomic mass is 79.9. The lowest BCUT2D eigenvalue weighted by Gasteiger charge is -2.09. The molecule has 0 N–H and O–H groups in total. The van der Waals surface area contributed by atoms with Crippen molar-refractivity contribution in [3.05, 3.63) is 75.8 Å². The number of carbonyl (C=O) groups excluding carboxylic acids is 4. The van der Waals surface area contributed by atoms with Gasteiger partial charge in [0.2, 0.25) is 0 Å². The Kier molecular flexibility index (Phi) is 5.93. The van der Waals surface area contributed by atoms with Crippen LogP contribution >= 0.6 is 15.9 Å². The third-order valence-corrected chi connectivity index (χ3v) is 4.95. The van der Waals surface area contributed by atoms with Crippen LogP contribution in [0.25, 0.3) is 0 Å². The van der Waals surface area contributed by atoms with E-state index in [1.807, 2.05) is 0 Å². The zero-order chi connectivity index (χ0) is 21.1. The van der Waals surface area contributed by atoms with Crippen molar-refractivity contribution in [2.45, 2.75) is 0 Å². The zero-order valence-electron chi connectivity index (χ0n) is 15.4. The molecule has 7 nitrogen and oxygen atoms in total. The van der Waals surface area contributed by atoms with Gasteiger partial charge in [-0.25, -0.2) is 4.79 Å². The maximum Gasteiger partial charge on any atom is 0.338 e. The van der Waals surface area contributed by atoms with E-state index in [4.69, 9.17) is 9.47 Å². The van der Waals surface area contributed by atoms with E-state index >= 15 is 0 Å². The Morgan fingerprint density at radius 2 is 1.76 bits per heavy atom. The van der Waals surface area contributed by atoms with Crippen molar-refractivity contribution in [3.63, 3.8) is 0 Å². The van der Waals surface area contributed by atoms with E-state index in [0.29, 0.717) is 15.8 Å². The van der Waals surface area contributed by atoms with Crippen LogP contribution < -0.4 is 4.74 Å². The summed E-state index contributed by atoms with van der Waals surface area (Å²) in [5.74, 6) is -1.53. The van der Waals surface area contributed by atoms with Crippen LogP contribution in [0, 0.1) is 0 Å². The lowest BCUT2D eigenvalue weighted by atomic mass is 10.1. The SMILES string of the molecule is C=CCN1C(=O)c2ccc(C(=O)OCC(=O)c3ccc(OC)c(Br)c3)cc2C1=O. The molecule has 0 spiro atoms. The third kappa shape index (κ3) is 3.97. The van der Waals surface area contributed by atoms with Crippen LogP contribution in [0.5, 0.6) is 5.75 Å². The Labute approximate surface area is 175 Å². The molecule has 0 saturated heterocycles. The first-order chi connectivity index (χ1) is 13.9. The molecule has 1 aliphatic rings. The molecule has 2 aromatic rings. The summed E-state index contributed by atoms with van der Waals surface area (Å²) in [4.78, 5) is 50.2. The molecule has 1 aliphatic heterocycles. The highest BCUT2D eigenvalue weighted by Crippen LogP contribution is 2.26. The fourth-order valence-corrected chi connectivity index (χ4v) is 3.39. The van der Waals surface area contributed by atoms with Gasteiger partial charge in [-0.1, -0.05) is 6.08 Å². The van der Waals surface area contributed by atoms with Crippen LogP contribution in [-0.2, 0) is 4.74 Å². The van der Waals surface area contributed by atoms with Crippen LogP contribution in [0.1, 0.15) is 41.4 Å². The van der Waals surface area contributed by atoms with E-state index in [-0.39, 0.29) is 23.2 Å². The van der Waals surface area contributed by atoms with Gasteiger partial charge in [0, 0.05) is 12.1 Å². The molecule has 0 atom stereocenters. The minimum Gasteiger partial charge on any atom is -0.496 e. The van der Waals surface area contributed by atoms with Crippen LogP contribution in [0.15, 0.2) is 53.5 Å². The number of ketones is 1. The number of hydrogen-bond acceptors (Lipinski definition) is 6. The molecule has 3 rings (SSSR count). The summed E-state index contributed by atoms with van der Waals surface area (Å²) in [5, 5.41) is 0. The summed E-state index contributed by atoms with van der Waals surface area (Å²) < 4.78 is 10.8. The van der Waals surface area contributed by atoms with E-state index in [9.17, 15) is 19.2 Å². The number of benzene rings is 2. The van der Waals surface area contributed by atoms with Gasteiger partial charge in [0.15, 0.2) is 12.4 Å². The maximum atomic E-state index is 12.3. The number of ether oxygens (including phenoxy) is 2. The molecular weight excluding hydrogens is 442 g/mol. The summed E-state index contributed by atoms with van der Waals surface area (Å²) in [7, 11) is 1.51. The monoisotopic (exact) mass is 457 g/mol. The van der Waals surface area contributed by atoms with Crippen LogP contribution in [0.4, 0.5) is 0 Å². The van der Waals surface area contributed by atoms with E-state index in [0.717, 1.165) is 4.90 Å². The Hall–Kier alpha value is -3.26. The van der Waals surface area contributed by atoms with Gasteiger partial charge >= 0.3 is 5.97 Å². The average Bonchev–Trinajstić information content (AvgIpc) is 2.96. The second kappa shape index (κ2) is 8.40. The highest BCUT2D eigenvalue weighted by molar-refractivity contribution is 9.10. The van der Waals surface area contributed by atoms with Crippen molar-refractivity contribution in [1.82, 2.24) is 4.90 Å². The van der Waals surface area contributed by atoms with Gasteiger partial charge in [-0.05, 0) is 52.3 Å². The molecule has 0 saturated carbocycles. The topological polar surface area (TPSA) is 90.0 Å². The minimum absolute atomic E-state index is 0.0778. The summed E-state index contributed by atoms with van der Waals surface area (Å²) in [6.07, 6.45) is 1.44. The highest BCUT2D eigenvalue weighted by Gasteiger charge is 2.35. The Balaban J connectivity index is 1.70. The Morgan fingerprint density at radius 3 is 2.41 bits per heavy atom. The van der Waals surface area contributed by atoms with Gasteiger partial charge in [-0.15, -0.1) is 6.58 Å². The normalized spacial score (nSPS) is 12.6. The number of esters is 1. The summed E-state index contributed by atoms with van der Waals surface area (Å²) in [6.45, 7) is 3.13. The third-order valence-electron chi connectivity index (χ3n) is 4.33. The average molecular weight is 458 g/mol. The van der Waals surface area contributed by atoms with Crippen molar-refractivity contribution in [3.8, 4) is 5.75 Å². The zero-order valence-corrected chi connectivity index (χ0v) is 17.0. The fraction of sp³-hybridized carbons (Fsp3) is 0.143. The van der Waals surface area contributed by atoms with Gasteiger partial charge in [-0.3, -0.25) is 19.3 Å². The molecule has 29 heavy (non-hydrogen) atoms. The fourth-order valence-electron chi connectivity index (χ4n) is 2.85. The smallest absolute Gasteiger partial charge is 0.338 e. The van der Waals surface area contributed by atoms with Crippen molar-refractivity contribution in [2.75, 3.05) is 20.3 Å². The number of carbonyl (C=O) groups is 4. The number of imide groups is 1. The van der Waals surface area contributed by atoms with Gasteiger partial charge in [0.25, 0.3) is 11.8 Å². The molecule has 148 valence electrons. The van der Waals surface area contributed by atoms with Crippen molar-refractivity contribution in [1.29, 1.82) is 0 Å². The largest absolute Gasteiger partial charge is 0.496 e. The van der Waals surface area contributed by atoms with Gasteiger partial charge in [0.05, 0.1) is 28.3 Å². The number of rotatable bonds is 7. The Morgan fingerprint density at radius 1 is 1.07 bits per heavy atom.